The molecule has 2 heteroatoms. The van der Waals surface area contributed by atoms with Crippen molar-refractivity contribution in [2.24, 2.45) is 0 Å². The molecule has 1 aliphatic heterocycles. The van der Waals surface area contributed by atoms with Crippen LogP contribution < -0.4 is 5.32 Å². The van der Waals surface area contributed by atoms with E-state index >= 15 is 0 Å². The molecule has 15 heavy (non-hydrogen) atoms. The van der Waals surface area contributed by atoms with E-state index < -0.39 is 0 Å². The predicted octanol–water partition coefficient (Wildman–Crippen LogP) is 2.10. The highest BCUT2D eigenvalue weighted by Gasteiger charge is 2.15. The third-order valence-electron chi connectivity index (χ3n) is 3.06. The van der Waals surface area contributed by atoms with Crippen molar-refractivity contribution in [3.63, 3.8) is 0 Å². The number of carbonyl (C=O) groups is 1. The van der Waals surface area contributed by atoms with Crippen LogP contribution in [-0.2, 0) is 6.42 Å². The maximum Gasteiger partial charge on any atom is 0.150 e. The zero-order chi connectivity index (χ0) is 10.7. The normalized spacial score (nSPS) is 20.5. The minimum Gasteiger partial charge on any atom is -0.314 e. The van der Waals surface area contributed by atoms with E-state index in [1.54, 1.807) is 0 Å². The van der Waals surface area contributed by atoms with Gasteiger partial charge in [0.1, 0.15) is 6.29 Å². The van der Waals surface area contributed by atoms with Crippen molar-refractivity contribution in [1.82, 2.24) is 5.32 Å². The molecule has 1 atom stereocenters. The molecule has 0 amide bonds. The van der Waals surface area contributed by atoms with Crippen molar-refractivity contribution in [3.8, 4) is 0 Å². The van der Waals surface area contributed by atoms with E-state index in [0.717, 1.165) is 30.4 Å². The van der Waals surface area contributed by atoms with Gasteiger partial charge in [0.05, 0.1) is 0 Å². The van der Waals surface area contributed by atoms with E-state index in [0.29, 0.717) is 6.04 Å². The summed E-state index contributed by atoms with van der Waals surface area (Å²) in [4.78, 5) is 10.9. The minimum absolute atomic E-state index is 0.561. The van der Waals surface area contributed by atoms with Gasteiger partial charge in [0.2, 0.25) is 0 Å². The van der Waals surface area contributed by atoms with Crippen LogP contribution in [0.3, 0.4) is 0 Å². The number of hydrogen-bond donors (Lipinski definition) is 1. The molecule has 80 valence electrons. The Kier molecular flexibility index (Phi) is 3.17. The van der Waals surface area contributed by atoms with Crippen molar-refractivity contribution in [1.29, 1.82) is 0 Å². The van der Waals surface area contributed by atoms with Crippen LogP contribution in [0.15, 0.2) is 18.2 Å². The molecular formula is C13H17NO. The Morgan fingerprint density at radius 1 is 1.53 bits per heavy atom. The summed E-state index contributed by atoms with van der Waals surface area (Å²) >= 11 is 0. The Balaban J connectivity index is 2.15. The maximum absolute atomic E-state index is 10.9. The van der Waals surface area contributed by atoms with Crippen LogP contribution in [0, 0.1) is 6.92 Å². The number of nitrogens with one attached hydrogen (secondary N) is 1. The topological polar surface area (TPSA) is 29.1 Å². The second kappa shape index (κ2) is 4.58. The Labute approximate surface area is 90.7 Å². The monoisotopic (exact) mass is 203 g/mol. The third-order valence-corrected chi connectivity index (χ3v) is 3.06. The van der Waals surface area contributed by atoms with Crippen molar-refractivity contribution in [2.75, 3.05) is 6.54 Å². The summed E-state index contributed by atoms with van der Waals surface area (Å²) < 4.78 is 0. The lowest BCUT2D eigenvalue weighted by atomic mass is 9.98. The number of hydrogen-bond acceptors (Lipinski definition) is 2. The van der Waals surface area contributed by atoms with Gasteiger partial charge in [-0.3, -0.25) is 4.79 Å². The van der Waals surface area contributed by atoms with Gasteiger partial charge in [0.25, 0.3) is 0 Å². The molecule has 1 unspecified atom stereocenters. The largest absolute Gasteiger partial charge is 0.314 e. The van der Waals surface area contributed by atoms with E-state index in [9.17, 15) is 4.79 Å². The SMILES string of the molecule is Cc1ccc(CC2CCCN2)c(C=O)c1. The van der Waals surface area contributed by atoms with Gasteiger partial charge in [-0.1, -0.05) is 17.7 Å². The van der Waals surface area contributed by atoms with Crippen LogP contribution >= 0.6 is 0 Å². The average Bonchev–Trinajstić information content (AvgIpc) is 2.73. The average molecular weight is 203 g/mol. The molecule has 0 aliphatic carbocycles. The lowest BCUT2D eigenvalue weighted by molar-refractivity contribution is 0.112. The Bertz CT molecular complexity index is 354. The van der Waals surface area contributed by atoms with Crippen molar-refractivity contribution < 1.29 is 4.79 Å². The van der Waals surface area contributed by atoms with E-state index in [-0.39, 0.29) is 0 Å². The first-order chi connectivity index (χ1) is 7.29. The third kappa shape index (κ3) is 2.45. The number of benzene rings is 1. The molecule has 2 rings (SSSR count). The summed E-state index contributed by atoms with van der Waals surface area (Å²) in [7, 11) is 0. The van der Waals surface area contributed by atoms with Crippen molar-refractivity contribution >= 4 is 6.29 Å². The fraction of sp³-hybridized carbons (Fsp3) is 0.462. The van der Waals surface area contributed by atoms with E-state index in [1.807, 2.05) is 13.0 Å². The van der Waals surface area contributed by atoms with Crippen LogP contribution in [0.4, 0.5) is 0 Å². The summed E-state index contributed by atoms with van der Waals surface area (Å²) in [6.45, 7) is 3.14. The molecule has 1 aromatic rings. The highest BCUT2D eigenvalue weighted by atomic mass is 16.1. The quantitative estimate of drug-likeness (QED) is 0.762. The molecule has 0 bridgehead atoms. The molecule has 0 saturated carbocycles. The minimum atomic E-state index is 0.561. The summed E-state index contributed by atoms with van der Waals surface area (Å²) in [5.41, 5.74) is 3.18. The molecule has 0 aromatic heterocycles. The summed E-state index contributed by atoms with van der Waals surface area (Å²) in [6, 6.07) is 6.69. The van der Waals surface area contributed by atoms with Gasteiger partial charge in [-0.25, -0.2) is 0 Å². The van der Waals surface area contributed by atoms with Crippen LogP contribution in [0.25, 0.3) is 0 Å². The van der Waals surface area contributed by atoms with Gasteiger partial charge in [-0.15, -0.1) is 0 Å². The highest BCUT2D eigenvalue weighted by molar-refractivity contribution is 5.77. The lowest BCUT2D eigenvalue weighted by Gasteiger charge is -2.12. The zero-order valence-electron chi connectivity index (χ0n) is 9.12. The number of aryl methyl sites for hydroxylation is 1. The summed E-state index contributed by atoms with van der Waals surface area (Å²) in [5.74, 6) is 0. The van der Waals surface area contributed by atoms with Crippen LogP contribution in [0.1, 0.15) is 34.3 Å². The molecule has 1 heterocycles. The van der Waals surface area contributed by atoms with E-state index in [4.69, 9.17) is 0 Å². The molecule has 0 spiro atoms. The van der Waals surface area contributed by atoms with Crippen molar-refractivity contribution in [3.05, 3.63) is 34.9 Å². The Hall–Kier alpha value is -1.15. The zero-order valence-corrected chi connectivity index (χ0v) is 9.12. The number of carbonyl (C=O) groups excluding carboxylic acids is 1. The summed E-state index contributed by atoms with van der Waals surface area (Å²) in [6.07, 6.45) is 4.44. The second-order valence-corrected chi connectivity index (χ2v) is 4.32. The predicted molar refractivity (Wildman–Crippen MR) is 61.3 cm³/mol. The highest BCUT2D eigenvalue weighted by Crippen LogP contribution is 2.16. The Morgan fingerprint density at radius 3 is 3.07 bits per heavy atom. The van der Waals surface area contributed by atoms with Gasteiger partial charge in [-0.05, 0) is 44.4 Å². The van der Waals surface area contributed by atoms with E-state index in [1.165, 1.54) is 18.4 Å². The smallest absolute Gasteiger partial charge is 0.150 e. The standard InChI is InChI=1S/C13H17NO/c1-10-4-5-11(12(7-10)9-15)8-13-3-2-6-14-13/h4-5,7,9,13-14H,2-3,6,8H2,1H3. The van der Waals surface area contributed by atoms with Gasteiger partial charge in [0.15, 0.2) is 0 Å². The fourth-order valence-electron chi connectivity index (χ4n) is 2.21. The first kappa shape index (κ1) is 10.4. The molecule has 0 radical (unpaired) electrons. The number of rotatable bonds is 3. The number of aldehydes is 1. The first-order valence-corrected chi connectivity index (χ1v) is 5.57. The summed E-state index contributed by atoms with van der Waals surface area (Å²) in [5, 5.41) is 3.46. The molecule has 1 fully saturated rings. The van der Waals surface area contributed by atoms with Crippen molar-refractivity contribution in [2.45, 2.75) is 32.2 Å². The lowest BCUT2D eigenvalue weighted by Crippen LogP contribution is -2.24. The fourth-order valence-corrected chi connectivity index (χ4v) is 2.21. The second-order valence-electron chi connectivity index (χ2n) is 4.32. The van der Waals surface area contributed by atoms with Gasteiger partial charge in [-0.2, -0.15) is 0 Å². The maximum atomic E-state index is 10.9. The first-order valence-electron chi connectivity index (χ1n) is 5.57. The molecule has 1 aliphatic rings. The van der Waals surface area contributed by atoms with Gasteiger partial charge >= 0.3 is 0 Å². The Morgan fingerprint density at radius 2 is 2.40 bits per heavy atom. The molecule has 2 nitrogen and oxygen atoms in total. The van der Waals surface area contributed by atoms with Crippen LogP contribution in [0.2, 0.25) is 0 Å². The van der Waals surface area contributed by atoms with Crippen LogP contribution in [0.5, 0.6) is 0 Å². The molecule has 1 N–H and O–H groups in total. The molecule has 1 saturated heterocycles. The van der Waals surface area contributed by atoms with Crippen LogP contribution in [-0.4, -0.2) is 18.9 Å². The molecule has 1 aromatic carbocycles. The van der Waals surface area contributed by atoms with E-state index in [2.05, 4.69) is 17.4 Å². The molecular weight excluding hydrogens is 186 g/mol. The van der Waals surface area contributed by atoms with Gasteiger partial charge < -0.3 is 5.32 Å². The van der Waals surface area contributed by atoms with Gasteiger partial charge in [0, 0.05) is 11.6 Å².